The first kappa shape index (κ1) is 73.9. The number of aromatic nitrogens is 3. The Morgan fingerprint density at radius 3 is 1.75 bits per heavy atom. The smallest absolute Gasteiger partial charge is 0.417 e. The lowest BCUT2D eigenvalue weighted by atomic mass is 9.80. The Labute approximate surface area is 609 Å². The van der Waals surface area contributed by atoms with Crippen molar-refractivity contribution in [2.24, 2.45) is 0 Å². The third-order valence-corrected chi connectivity index (χ3v) is 18.6. The Hall–Kier alpha value is -12.3. The molecule has 0 fully saturated rings. The van der Waals surface area contributed by atoms with E-state index in [0.717, 1.165) is 60.1 Å². The second kappa shape index (κ2) is 31.1. The van der Waals surface area contributed by atoms with Crippen LogP contribution in [0.25, 0.3) is 77.3 Å². The molecule has 5 aromatic heterocycles. The minimum absolute atomic E-state index is 0.0188. The number of aromatic amines is 2. The molecule has 17 rings (SSSR count). The minimum atomic E-state index is -4.63. The quantitative estimate of drug-likeness (QED) is 0.0568. The number of phenols is 6. The summed E-state index contributed by atoms with van der Waals surface area (Å²) in [7, 11) is -3.45. The van der Waals surface area contributed by atoms with Crippen LogP contribution in [-0.4, -0.2) is 54.7 Å². The minimum Gasteiger partial charge on any atom is -0.508 e. The van der Waals surface area contributed by atoms with Crippen LogP contribution < -0.4 is 22.3 Å². The number of H-pyrrole nitrogens is 2. The molecule has 9 aromatic carbocycles. The van der Waals surface area contributed by atoms with Gasteiger partial charge in [-0.15, -0.1) is 0 Å². The fourth-order valence-corrected chi connectivity index (χ4v) is 13.0. The van der Waals surface area contributed by atoms with Gasteiger partial charge in [-0.25, -0.2) is 19.4 Å². The number of hydrogen-bond donors (Lipinski definition) is 10. The first-order valence-electron chi connectivity index (χ1n) is 30.6. The van der Waals surface area contributed by atoms with Gasteiger partial charge in [-0.05, 0) is 178 Å². The highest BCUT2D eigenvalue weighted by Crippen LogP contribution is 2.66. The SMILES string of the molecule is Cc1cc(=O)oc2cc(O)ccc12.Clc1c(Br)ccc2[nH]ccc12.Clc1ccc2cc[nH]c2c1.N#Cc1cc2ccc(O)cc2oc1=O.O=c1cc(C(F)(F)F)c2ccc(O)cc2o1.O=c1ccc2nc3ccc(O)cc3oc-2c1.Oc1ccc(C2(c3ccc(O)cc3)OS(O)(O)c3ccccc32)cc1. The van der Waals surface area contributed by atoms with E-state index in [0.29, 0.717) is 61.2 Å². The first-order valence-corrected chi connectivity index (χ1v) is 33.7. The Morgan fingerprint density at radius 2 is 1.10 bits per heavy atom. The van der Waals surface area contributed by atoms with Crippen molar-refractivity contribution in [3.05, 3.63) is 326 Å². The lowest BCUT2D eigenvalue weighted by molar-refractivity contribution is -0.136. The summed E-state index contributed by atoms with van der Waals surface area (Å²) >= 11 is 15.1. The molecule has 0 atom stereocenters. The van der Waals surface area contributed by atoms with Gasteiger partial charge in [-0.1, -0.05) is 71.7 Å². The monoisotopic (exact) mass is 1540 g/mol. The van der Waals surface area contributed by atoms with Crippen LogP contribution in [0, 0.1) is 18.3 Å². The molecule has 3 aliphatic rings. The molecule has 1 aliphatic carbocycles. The van der Waals surface area contributed by atoms with Crippen LogP contribution in [0.2, 0.25) is 10.0 Å². The van der Waals surface area contributed by atoms with Gasteiger partial charge in [0.2, 0.25) is 0 Å². The Bertz CT molecular complexity index is 6110. The Balaban J connectivity index is 0.000000125. The molecule has 530 valence electrons. The summed E-state index contributed by atoms with van der Waals surface area (Å²) < 4.78 is 85.3. The molecule has 105 heavy (non-hydrogen) atoms. The van der Waals surface area contributed by atoms with Crippen molar-refractivity contribution in [3.8, 4) is 52.0 Å². The van der Waals surface area contributed by atoms with Crippen LogP contribution >= 0.6 is 50.0 Å². The molecule has 2 aliphatic heterocycles. The summed E-state index contributed by atoms with van der Waals surface area (Å²) in [5.41, 5.74) is 2.35. The maximum absolute atomic E-state index is 12.6. The maximum atomic E-state index is 12.6. The van der Waals surface area contributed by atoms with Crippen LogP contribution in [-0.2, 0) is 16.0 Å². The fraction of sp³-hybridized carbons (Fsp3) is 0.0390. The van der Waals surface area contributed by atoms with Gasteiger partial charge in [-0.2, -0.15) is 18.4 Å². The summed E-state index contributed by atoms with van der Waals surface area (Å²) in [5.74, 6) is 0.577. The van der Waals surface area contributed by atoms with Gasteiger partial charge in [-0.3, -0.25) is 8.98 Å². The molecule has 0 bridgehead atoms. The van der Waals surface area contributed by atoms with E-state index in [1.807, 2.05) is 61.8 Å². The standard InChI is InChI=1S/C19H16O5S.C12H7NO3.C10H5F3O3.C10H5NO3.C10H8O3.C8H5BrClN.C8H6ClN/c20-15-9-5-13(6-10-15)19(14-7-11-16(21)12-8-14)17-3-1-2-4-18(17)25(22,23)24-19;14-7-1-3-9-11(5-7)16-12-6-8(15)2-4-10(12)13-9;11-10(12,13)7-4-9(15)16-8-3-5(14)1-2-6(7)8;11-5-7-3-6-1-2-8(12)4-9(6)14-10(7)13;1-6-4-10(12)13-9-5-7(11)2-3-8(6)9;9-6-1-2-7-5(8(6)10)3-4-11-7;9-7-2-1-6-3-4-10-8(6)5-7/h1-12,20-23H;1-6,14H;1-4,14H;1-4,12H;2-5,11H,1H3;1-4,11H;1-5,10H. The van der Waals surface area contributed by atoms with Gasteiger partial charge in [0, 0.05) is 102 Å². The van der Waals surface area contributed by atoms with E-state index in [9.17, 15) is 56.8 Å². The molecule has 0 amide bonds. The second-order valence-corrected chi connectivity index (χ2v) is 26.0. The van der Waals surface area contributed by atoms with Gasteiger partial charge in [0.25, 0.3) is 0 Å². The summed E-state index contributed by atoms with van der Waals surface area (Å²) in [5, 5.41) is 69.5. The molecule has 7 heterocycles. The van der Waals surface area contributed by atoms with E-state index in [2.05, 4.69) is 35.3 Å². The van der Waals surface area contributed by atoms with Crippen LogP contribution in [0.5, 0.6) is 34.5 Å². The van der Waals surface area contributed by atoms with Crippen LogP contribution in [0.3, 0.4) is 0 Å². The van der Waals surface area contributed by atoms with E-state index in [1.165, 1.54) is 78.2 Å². The molecule has 0 spiro atoms. The zero-order valence-corrected chi connectivity index (χ0v) is 57.8. The lowest BCUT2D eigenvalue weighted by Gasteiger charge is -2.32. The maximum Gasteiger partial charge on any atom is 0.417 e. The number of fused-ring (bicyclic) bond motifs is 8. The number of aryl methyl sites for hydroxylation is 1. The normalized spacial score (nSPS) is 12.6. The van der Waals surface area contributed by atoms with Gasteiger partial charge in [0.15, 0.2) is 22.4 Å². The van der Waals surface area contributed by atoms with E-state index in [-0.39, 0.29) is 62.0 Å². The second-order valence-electron chi connectivity index (χ2n) is 22.7. The number of benzene rings is 10. The largest absolute Gasteiger partial charge is 0.508 e. The van der Waals surface area contributed by atoms with Crippen molar-refractivity contribution in [3.63, 3.8) is 0 Å². The number of rotatable bonds is 2. The van der Waals surface area contributed by atoms with Crippen molar-refractivity contribution in [2.45, 2.75) is 23.6 Å². The molecule has 0 unspecified atom stereocenters. The van der Waals surface area contributed by atoms with E-state index < -0.39 is 45.1 Å². The summed E-state index contributed by atoms with van der Waals surface area (Å²) in [6, 6.07) is 59.8. The number of nitrogens with one attached hydrogen (secondary N) is 2. The van der Waals surface area contributed by atoms with Gasteiger partial charge < -0.3 is 67.4 Å². The van der Waals surface area contributed by atoms with Crippen LogP contribution in [0.15, 0.2) is 283 Å². The van der Waals surface area contributed by atoms with Crippen molar-refractivity contribution >= 4 is 116 Å². The number of hydrogen-bond acceptors (Lipinski definition) is 19. The topological polar surface area (TPSA) is 360 Å². The van der Waals surface area contributed by atoms with Crippen LogP contribution in [0.4, 0.5) is 13.2 Å². The van der Waals surface area contributed by atoms with Crippen molar-refractivity contribution < 1.29 is 74.8 Å². The molecular weight excluding hydrogens is 1490 g/mol. The molecular formula is C77H52BrCl2F3N4O17S. The molecule has 14 aromatic rings. The molecule has 21 nitrogen and oxygen atoms in total. The molecule has 0 radical (unpaired) electrons. The molecule has 28 heteroatoms. The average Bonchev–Trinajstić information content (AvgIpc) is 1.56. The first-order chi connectivity index (χ1) is 50.0. The summed E-state index contributed by atoms with van der Waals surface area (Å²) in [6.07, 6.45) is -0.852. The predicted octanol–water partition coefficient (Wildman–Crippen LogP) is 18.5. The molecule has 10 N–H and O–H groups in total. The van der Waals surface area contributed by atoms with E-state index in [1.54, 1.807) is 91.0 Å². The van der Waals surface area contributed by atoms with Gasteiger partial charge in [0.1, 0.15) is 85.0 Å². The average molecular weight is 1550 g/mol. The highest BCUT2D eigenvalue weighted by molar-refractivity contribution is 9.10. The number of nitrogens with zero attached hydrogens (tertiary/aromatic N) is 2. The summed E-state index contributed by atoms with van der Waals surface area (Å²) in [6.45, 7) is 1.83. The Morgan fingerprint density at radius 1 is 0.533 bits per heavy atom. The zero-order chi connectivity index (χ0) is 75.1. The van der Waals surface area contributed by atoms with E-state index in [4.69, 9.17) is 61.2 Å². The highest BCUT2D eigenvalue weighted by Gasteiger charge is 2.52. The third-order valence-electron chi connectivity index (χ3n) is 15.6. The number of aromatic hydroxyl groups is 6. The lowest BCUT2D eigenvalue weighted by Crippen LogP contribution is -2.29. The zero-order valence-electron chi connectivity index (χ0n) is 53.8. The predicted molar refractivity (Wildman–Crippen MR) is 395 cm³/mol. The number of nitriles is 1. The van der Waals surface area contributed by atoms with Crippen molar-refractivity contribution in [1.29, 1.82) is 5.26 Å². The van der Waals surface area contributed by atoms with E-state index >= 15 is 0 Å². The molecule has 0 saturated carbocycles. The fourth-order valence-electron chi connectivity index (χ4n) is 10.8. The van der Waals surface area contributed by atoms with Crippen LogP contribution in [0.1, 0.15) is 33.4 Å². The Kier molecular flexibility index (Phi) is 21.9. The number of halogens is 6. The third kappa shape index (κ3) is 17.1. The summed E-state index contributed by atoms with van der Waals surface area (Å²) in [4.78, 5) is 54.9. The number of alkyl halides is 3. The molecule has 0 saturated heterocycles. The highest BCUT2D eigenvalue weighted by atomic mass is 79.9. The van der Waals surface area contributed by atoms with Crippen molar-refractivity contribution in [2.75, 3.05) is 0 Å². The van der Waals surface area contributed by atoms with Crippen molar-refractivity contribution in [1.82, 2.24) is 15.0 Å². The van der Waals surface area contributed by atoms with Gasteiger partial charge in [0.05, 0.1) is 15.5 Å². The van der Waals surface area contributed by atoms with Gasteiger partial charge >= 0.3 is 23.1 Å². The number of phenolic OH excluding ortho intramolecular Hbond substituents is 6.